The molecule has 2 atom stereocenters. The van der Waals surface area contributed by atoms with Gasteiger partial charge in [-0.25, -0.2) is 13.5 Å². The monoisotopic (exact) mass is 608 g/mol. The van der Waals surface area contributed by atoms with Gasteiger partial charge >= 0.3 is 0 Å². The van der Waals surface area contributed by atoms with Gasteiger partial charge in [0.25, 0.3) is 5.91 Å². The van der Waals surface area contributed by atoms with E-state index in [0.29, 0.717) is 36.5 Å². The lowest BCUT2D eigenvalue weighted by molar-refractivity contribution is 0.0946. The number of pyridine rings is 1. The van der Waals surface area contributed by atoms with Crippen LogP contribution in [0.2, 0.25) is 0 Å². The van der Waals surface area contributed by atoms with Gasteiger partial charge < -0.3 is 15.2 Å². The van der Waals surface area contributed by atoms with Gasteiger partial charge in [0.15, 0.2) is 0 Å². The van der Waals surface area contributed by atoms with E-state index in [2.05, 4.69) is 11.4 Å². The summed E-state index contributed by atoms with van der Waals surface area (Å²) in [5, 5.41) is 22.5. The molecule has 4 aromatic rings. The number of aliphatic hydroxyl groups is 1. The molecule has 3 aromatic carbocycles. The quantitative estimate of drug-likeness (QED) is 0.244. The van der Waals surface area contributed by atoms with E-state index in [4.69, 9.17) is 9.72 Å². The lowest BCUT2D eigenvalue weighted by atomic mass is 9.93. The van der Waals surface area contributed by atoms with Crippen molar-refractivity contribution in [1.82, 2.24) is 14.6 Å². The number of ether oxygens (including phenoxy) is 1. The lowest BCUT2D eigenvalue weighted by Crippen LogP contribution is -2.36. The molecule has 1 unspecified atom stereocenters. The Morgan fingerprint density at radius 2 is 1.77 bits per heavy atom. The summed E-state index contributed by atoms with van der Waals surface area (Å²) in [5.41, 5.74) is 6.61. The molecular weight excluding hydrogens is 572 g/mol. The summed E-state index contributed by atoms with van der Waals surface area (Å²) < 4.78 is 20.4. The molecule has 0 bridgehead atoms. The van der Waals surface area contributed by atoms with Crippen molar-refractivity contribution in [2.75, 3.05) is 13.7 Å². The zero-order valence-electron chi connectivity index (χ0n) is 25.3. The first-order valence-electron chi connectivity index (χ1n) is 14.5. The number of carbonyl (C=O) groups excluding carboxylic acids is 1. The fourth-order valence-electron chi connectivity index (χ4n) is 5.48. The standard InChI is InChI=1S/C35H36N4O4S/c1-35(2,3)44(42)39-22-28-19-30(34(41)37-21-24-9-6-13-29(17-24)43-4)38-33(32(28)31(39)14-15-40)27-12-7-11-26(18-27)25-10-5-8-23(16-25)20-36/h5-13,16-19,31,40H,14-15,21-22H2,1-4H3,(H,37,41)/t31-,44?/m0/s1. The van der Waals surface area contributed by atoms with Crippen LogP contribution in [-0.2, 0) is 24.1 Å². The van der Waals surface area contributed by atoms with E-state index >= 15 is 0 Å². The van der Waals surface area contributed by atoms with Crippen molar-refractivity contribution in [2.45, 2.75) is 51.1 Å². The summed E-state index contributed by atoms with van der Waals surface area (Å²) in [6.07, 6.45) is 0.370. The number of hydrogen-bond donors (Lipinski definition) is 2. The van der Waals surface area contributed by atoms with Crippen molar-refractivity contribution in [1.29, 1.82) is 5.26 Å². The summed E-state index contributed by atoms with van der Waals surface area (Å²) in [6, 6.07) is 26.4. The summed E-state index contributed by atoms with van der Waals surface area (Å²) in [4.78, 5) is 18.5. The number of nitriles is 1. The molecule has 44 heavy (non-hydrogen) atoms. The normalized spacial score (nSPS) is 15.3. The van der Waals surface area contributed by atoms with Crippen LogP contribution in [0.5, 0.6) is 5.75 Å². The summed E-state index contributed by atoms with van der Waals surface area (Å²) in [7, 11) is 0.230. The van der Waals surface area contributed by atoms with Crippen LogP contribution in [0.25, 0.3) is 22.4 Å². The van der Waals surface area contributed by atoms with Crippen molar-refractivity contribution >= 4 is 16.9 Å². The Hall–Kier alpha value is -4.36. The van der Waals surface area contributed by atoms with Gasteiger partial charge in [-0.1, -0.05) is 42.5 Å². The molecule has 2 heterocycles. The van der Waals surface area contributed by atoms with Crippen molar-refractivity contribution in [3.63, 3.8) is 0 Å². The Morgan fingerprint density at radius 1 is 1.07 bits per heavy atom. The third kappa shape index (κ3) is 6.58. The number of rotatable bonds is 9. The van der Waals surface area contributed by atoms with Crippen LogP contribution in [0.15, 0.2) is 78.9 Å². The first kappa shape index (κ1) is 31.1. The van der Waals surface area contributed by atoms with E-state index in [1.54, 1.807) is 19.2 Å². The number of aliphatic hydroxyl groups excluding tert-OH is 1. The number of aromatic nitrogens is 1. The molecular formula is C35H36N4O4S. The Bertz CT molecular complexity index is 1760. The molecule has 0 saturated heterocycles. The van der Waals surface area contributed by atoms with Gasteiger partial charge in [0, 0.05) is 30.8 Å². The minimum Gasteiger partial charge on any atom is -0.497 e. The molecule has 9 heteroatoms. The van der Waals surface area contributed by atoms with Crippen LogP contribution in [0.1, 0.15) is 66.0 Å². The highest BCUT2D eigenvalue weighted by atomic mass is 32.2. The topological polar surface area (TPSA) is 116 Å². The average molecular weight is 609 g/mol. The maximum Gasteiger partial charge on any atom is 0.270 e. The number of benzene rings is 3. The SMILES string of the molecule is COc1cccc(CNC(=O)c2cc3c(c(-c4cccc(-c5cccc(C#N)c5)c4)n2)[C@H](CCO)N(S(=O)C(C)(C)C)C3)c1. The predicted octanol–water partition coefficient (Wildman–Crippen LogP) is 5.93. The largest absolute Gasteiger partial charge is 0.497 e. The van der Waals surface area contributed by atoms with Gasteiger partial charge in [0.1, 0.15) is 22.4 Å². The van der Waals surface area contributed by atoms with Crippen molar-refractivity contribution in [3.8, 4) is 34.2 Å². The maximum atomic E-state index is 13.7. The highest BCUT2D eigenvalue weighted by molar-refractivity contribution is 7.84. The second kappa shape index (κ2) is 13.1. The second-order valence-electron chi connectivity index (χ2n) is 11.7. The fourth-order valence-corrected chi connectivity index (χ4v) is 6.88. The first-order valence-corrected chi connectivity index (χ1v) is 15.6. The van der Waals surface area contributed by atoms with Crippen molar-refractivity contribution in [3.05, 3.63) is 107 Å². The fraction of sp³-hybridized carbons (Fsp3) is 0.286. The van der Waals surface area contributed by atoms with E-state index in [-0.39, 0.29) is 24.2 Å². The summed E-state index contributed by atoms with van der Waals surface area (Å²) in [6.45, 7) is 6.35. The highest BCUT2D eigenvalue weighted by Crippen LogP contribution is 2.44. The molecule has 0 fully saturated rings. The highest BCUT2D eigenvalue weighted by Gasteiger charge is 2.40. The molecule has 0 aliphatic carbocycles. The lowest BCUT2D eigenvalue weighted by Gasteiger charge is -2.30. The van der Waals surface area contributed by atoms with Gasteiger partial charge in [-0.3, -0.25) is 4.79 Å². The minimum atomic E-state index is -1.37. The van der Waals surface area contributed by atoms with Gasteiger partial charge in [-0.15, -0.1) is 0 Å². The molecule has 1 aliphatic heterocycles. The molecule has 8 nitrogen and oxygen atoms in total. The average Bonchev–Trinajstić information content (AvgIpc) is 3.40. The summed E-state index contributed by atoms with van der Waals surface area (Å²) in [5.74, 6) is 0.376. The van der Waals surface area contributed by atoms with Crippen molar-refractivity contribution < 1.29 is 18.8 Å². The van der Waals surface area contributed by atoms with Gasteiger partial charge in [0.2, 0.25) is 0 Å². The third-order valence-electron chi connectivity index (χ3n) is 7.57. The number of carbonyl (C=O) groups is 1. The van der Waals surface area contributed by atoms with Crippen LogP contribution in [0, 0.1) is 11.3 Å². The Labute approximate surface area is 260 Å². The van der Waals surface area contributed by atoms with Gasteiger partial charge in [-0.2, -0.15) is 5.26 Å². The van der Waals surface area contributed by atoms with Crippen molar-refractivity contribution in [2.24, 2.45) is 0 Å². The Morgan fingerprint density at radius 3 is 2.48 bits per heavy atom. The van der Waals surface area contributed by atoms with Crippen LogP contribution in [0.4, 0.5) is 0 Å². The molecule has 0 saturated carbocycles. The van der Waals surface area contributed by atoms with E-state index in [1.807, 2.05) is 91.8 Å². The smallest absolute Gasteiger partial charge is 0.270 e. The molecule has 1 aromatic heterocycles. The van der Waals surface area contributed by atoms with Crippen LogP contribution < -0.4 is 10.1 Å². The van der Waals surface area contributed by atoms with Crippen LogP contribution >= 0.6 is 0 Å². The maximum absolute atomic E-state index is 13.7. The Balaban J connectivity index is 1.60. The third-order valence-corrected chi connectivity index (χ3v) is 9.43. The predicted molar refractivity (Wildman–Crippen MR) is 172 cm³/mol. The van der Waals surface area contributed by atoms with E-state index in [9.17, 15) is 19.4 Å². The van der Waals surface area contributed by atoms with E-state index in [0.717, 1.165) is 33.4 Å². The molecule has 2 N–H and O–H groups in total. The number of fused-ring (bicyclic) bond motifs is 1. The molecule has 1 aliphatic rings. The first-order chi connectivity index (χ1) is 21.1. The van der Waals surface area contributed by atoms with Crippen LogP contribution in [-0.4, -0.2) is 43.0 Å². The van der Waals surface area contributed by atoms with E-state index in [1.165, 1.54) is 0 Å². The second-order valence-corrected chi connectivity index (χ2v) is 13.9. The molecule has 0 radical (unpaired) electrons. The van der Waals surface area contributed by atoms with E-state index < -0.39 is 15.7 Å². The zero-order chi connectivity index (χ0) is 31.4. The number of methoxy groups -OCH3 is 1. The Kier molecular flexibility index (Phi) is 9.25. The molecule has 226 valence electrons. The van der Waals surface area contributed by atoms with Gasteiger partial charge in [0.05, 0.1) is 35.2 Å². The molecule has 5 rings (SSSR count). The van der Waals surface area contributed by atoms with Crippen LogP contribution in [0.3, 0.4) is 0 Å². The number of nitrogens with one attached hydrogen (secondary N) is 1. The zero-order valence-corrected chi connectivity index (χ0v) is 26.1. The number of nitrogens with zero attached hydrogens (tertiary/aromatic N) is 3. The minimum absolute atomic E-state index is 0.0921. The summed E-state index contributed by atoms with van der Waals surface area (Å²) >= 11 is 0. The number of hydrogen-bond acceptors (Lipinski definition) is 6. The van der Waals surface area contributed by atoms with Gasteiger partial charge in [-0.05, 0) is 85.8 Å². The number of amides is 1. The molecule has 1 amide bonds. The molecule has 0 spiro atoms.